The fraction of sp³-hybridized carbons (Fsp3) is 0.458. The zero-order valence-electron chi connectivity index (χ0n) is 19.2. The topological polar surface area (TPSA) is 70.2 Å². The summed E-state index contributed by atoms with van der Waals surface area (Å²) in [4.78, 5) is 16.2. The van der Waals surface area contributed by atoms with Crippen LogP contribution in [0, 0.1) is 5.82 Å². The van der Waals surface area contributed by atoms with Crippen molar-refractivity contribution in [3.05, 3.63) is 58.3 Å². The van der Waals surface area contributed by atoms with Crippen LogP contribution in [0.15, 0.2) is 47.4 Å². The number of carbonyl (C=O) groups excluding carboxylic acids is 1. The van der Waals surface area contributed by atoms with E-state index < -0.39 is 16.1 Å². The molecule has 11 heteroatoms. The highest BCUT2D eigenvalue weighted by molar-refractivity contribution is 7.89. The molecule has 35 heavy (non-hydrogen) atoms. The van der Waals surface area contributed by atoms with E-state index in [1.165, 1.54) is 22.5 Å². The Morgan fingerprint density at radius 1 is 0.971 bits per heavy atom. The van der Waals surface area contributed by atoms with Crippen molar-refractivity contribution in [1.29, 1.82) is 0 Å². The average molecular weight is 544 g/mol. The van der Waals surface area contributed by atoms with Crippen LogP contribution in [0.5, 0.6) is 0 Å². The van der Waals surface area contributed by atoms with Crippen molar-refractivity contribution in [3.8, 4) is 0 Å². The van der Waals surface area contributed by atoms with Crippen LogP contribution in [0.2, 0.25) is 10.0 Å². The van der Waals surface area contributed by atoms with E-state index in [0.717, 1.165) is 12.8 Å². The van der Waals surface area contributed by atoms with Gasteiger partial charge >= 0.3 is 0 Å². The van der Waals surface area contributed by atoms with Crippen LogP contribution in [0.1, 0.15) is 19.3 Å². The lowest BCUT2D eigenvalue weighted by Gasteiger charge is -2.37. The Balaban J connectivity index is 1.32. The summed E-state index contributed by atoms with van der Waals surface area (Å²) in [5.41, 5.74) is 0.535. The zero-order valence-corrected chi connectivity index (χ0v) is 21.5. The summed E-state index contributed by atoms with van der Waals surface area (Å²) in [5, 5.41) is 0.153. The van der Waals surface area contributed by atoms with Gasteiger partial charge in [0.15, 0.2) is 0 Å². The fourth-order valence-electron chi connectivity index (χ4n) is 4.58. The maximum absolute atomic E-state index is 14.0. The molecule has 1 amide bonds. The lowest BCUT2D eigenvalue weighted by atomic mass is 10.1. The Hall–Kier alpha value is -1.91. The van der Waals surface area contributed by atoms with Crippen molar-refractivity contribution in [2.45, 2.75) is 30.2 Å². The highest BCUT2D eigenvalue weighted by atomic mass is 35.5. The largest absolute Gasteiger partial charge is 0.370 e. The normalized spacial score (nSPS) is 19.7. The molecule has 0 spiro atoms. The molecule has 2 aromatic rings. The van der Waals surface area contributed by atoms with Gasteiger partial charge in [-0.3, -0.25) is 4.79 Å². The van der Waals surface area contributed by atoms with Crippen molar-refractivity contribution >= 4 is 44.8 Å². The third kappa shape index (κ3) is 5.91. The number of hydrogen-bond acceptors (Lipinski definition) is 5. The summed E-state index contributed by atoms with van der Waals surface area (Å²) in [6.07, 6.45) is 2.21. The van der Waals surface area contributed by atoms with E-state index in [4.69, 9.17) is 27.9 Å². The van der Waals surface area contributed by atoms with Gasteiger partial charge in [0, 0.05) is 38.8 Å². The fourth-order valence-corrected chi connectivity index (χ4v) is 7.36. The average Bonchev–Trinajstić information content (AvgIpc) is 2.84. The van der Waals surface area contributed by atoms with E-state index in [2.05, 4.69) is 0 Å². The van der Waals surface area contributed by atoms with Crippen LogP contribution in [0.3, 0.4) is 0 Å². The molecule has 2 aliphatic rings. The first kappa shape index (κ1) is 26.2. The summed E-state index contributed by atoms with van der Waals surface area (Å²) in [5.74, 6) is -0.446. The van der Waals surface area contributed by atoms with E-state index in [1.807, 2.05) is 4.90 Å². The smallest absolute Gasteiger partial charge is 0.248 e. The number of piperazine rings is 1. The third-order valence-electron chi connectivity index (χ3n) is 6.42. The van der Waals surface area contributed by atoms with Crippen LogP contribution >= 0.6 is 23.2 Å². The van der Waals surface area contributed by atoms with Crippen molar-refractivity contribution in [2.75, 3.05) is 50.8 Å². The predicted octanol–water partition coefficient (Wildman–Crippen LogP) is 4.04. The molecule has 0 N–H and O–H groups in total. The van der Waals surface area contributed by atoms with Gasteiger partial charge in [-0.2, -0.15) is 4.31 Å². The Kier molecular flexibility index (Phi) is 8.54. The van der Waals surface area contributed by atoms with Gasteiger partial charge in [0.2, 0.25) is 15.9 Å². The Labute approximate surface area is 215 Å². The van der Waals surface area contributed by atoms with Gasteiger partial charge in [-0.25, -0.2) is 12.8 Å². The number of hydrogen-bond donors (Lipinski definition) is 0. The van der Waals surface area contributed by atoms with Crippen LogP contribution in [-0.4, -0.2) is 75.5 Å². The number of sulfonamides is 1. The Bertz CT molecular complexity index is 1140. The number of benzene rings is 2. The number of amides is 1. The molecule has 2 aliphatic heterocycles. The summed E-state index contributed by atoms with van der Waals surface area (Å²) in [6, 6.07) is 10.8. The van der Waals surface area contributed by atoms with Gasteiger partial charge in [-0.15, -0.1) is 0 Å². The van der Waals surface area contributed by atoms with Gasteiger partial charge in [0.05, 0.1) is 22.3 Å². The molecule has 2 aromatic carbocycles. The van der Waals surface area contributed by atoms with Gasteiger partial charge in [-0.05, 0) is 37.1 Å². The van der Waals surface area contributed by atoms with Gasteiger partial charge in [0.1, 0.15) is 17.3 Å². The van der Waals surface area contributed by atoms with E-state index >= 15 is 0 Å². The minimum atomic E-state index is -3.92. The number of halogens is 3. The molecule has 1 atom stereocenters. The highest BCUT2D eigenvalue weighted by Crippen LogP contribution is 2.34. The number of nitrogens with zero attached hydrogens (tertiary/aromatic N) is 3. The number of ether oxygens (including phenoxy) is 1. The van der Waals surface area contributed by atoms with E-state index in [9.17, 15) is 17.6 Å². The molecule has 1 unspecified atom stereocenters. The van der Waals surface area contributed by atoms with E-state index in [1.54, 1.807) is 29.2 Å². The number of piperidine rings is 1. The van der Waals surface area contributed by atoms with Crippen LogP contribution in [0.25, 0.3) is 0 Å². The van der Waals surface area contributed by atoms with Gasteiger partial charge in [0.25, 0.3) is 0 Å². The van der Waals surface area contributed by atoms with Crippen molar-refractivity contribution in [1.82, 2.24) is 9.21 Å². The first-order valence-electron chi connectivity index (χ1n) is 11.6. The van der Waals surface area contributed by atoms with Crippen LogP contribution < -0.4 is 4.90 Å². The Morgan fingerprint density at radius 2 is 1.66 bits per heavy atom. The minimum absolute atomic E-state index is 0.0763. The maximum atomic E-state index is 14.0. The van der Waals surface area contributed by atoms with Crippen LogP contribution in [0.4, 0.5) is 10.1 Å². The minimum Gasteiger partial charge on any atom is -0.370 e. The van der Waals surface area contributed by atoms with E-state index in [-0.39, 0.29) is 39.9 Å². The summed E-state index contributed by atoms with van der Waals surface area (Å²) in [7, 11) is -3.92. The molecule has 0 aromatic heterocycles. The maximum Gasteiger partial charge on any atom is 0.248 e. The second-order valence-electron chi connectivity index (χ2n) is 8.65. The molecular weight excluding hydrogens is 516 g/mol. The summed E-state index contributed by atoms with van der Waals surface area (Å²) in [6.45, 7) is 2.28. The SMILES string of the molecule is O=C(COCC1CCCCN1S(=O)(=O)c1c(Cl)cccc1Cl)N1CCN(c2ccccc2F)CC1. The lowest BCUT2D eigenvalue weighted by molar-refractivity contribution is -0.137. The number of anilines is 1. The predicted molar refractivity (Wildman–Crippen MR) is 134 cm³/mol. The lowest BCUT2D eigenvalue weighted by Crippen LogP contribution is -2.50. The van der Waals surface area contributed by atoms with Crippen molar-refractivity contribution in [3.63, 3.8) is 0 Å². The second kappa shape index (κ2) is 11.4. The zero-order chi connectivity index (χ0) is 25.0. The van der Waals surface area contributed by atoms with Crippen molar-refractivity contribution in [2.24, 2.45) is 0 Å². The quantitative estimate of drug-likeness (QED) is 0.527. The molecule has 0 radical (unpaired) electrons. The molecule has 4 rings (SSSR count). The number of rotatable bonds is 7. The molecule has 0 bridgehead atoms. The monoisotopic (exact) mass is 543 g/mol. The second-order valence-corrected chi connectivity index (χ2v) is 11.3. The molecule has 2 heterocycles. The Morgan fingerprint density at radius 3 is 2.34 bits per heavy atom. The van der Waals surface area contributed by atoms with Gasteiger partial charge in [-0.1, -0.05) is 47.8 Å². The summed E-state index contributed by atoms with van der Waals surface area (Å²) >= 11 is 12.3. The molecule has 7 nitrogen and oxygen atoms in total. The molecule has 0 saturated carbocycles. The van der Waals surface area contributed by atoms with Crippen molar-refractivity contribution < 1.29 is 22.3 Å². The summed E-state index contributed by atoms with van der Waals surface area (Å²) < 4.78 is 47.8. The molecular formula is C24H28Cl2FN3O4S. The van der Waals surface area contributed by atoms with Crippen LogP contribution in [-0.2, 0) is 19.6 Å². The molecule has 0 aliphatic carbocycles. The molecule has 2 fully saturated rings. The van der Waals surface area contributed by atoms with Gasteiger partial charge < -0.3 is 14.5 Å². The number of para-hydroxylation sites is 1. The third-order valence-corrected chi connectivity index (χ3v) is 9.33. The first-order valence-corrected chi connectivity index (χ1v) is 13.8. The highest BCUT2D eigenvalue weighted by Gasteiger charge is 2.36. The standard InChI is InChI=1S/C24H28Cl2FN3O4S/c25-19-7-5-8-20(26)24(19)35(32,33)30-11-4-3-6-18(30)16-34-17-23(31)29-14-12-28(13-15-29)22-10-2-1-9-21(22)27/h1-2,5,7-10,18H,3-4,6,11-17H2. The first-order chi connectivity index (χ1) is 16.8. The molecule has 190 valence electrons. The number of carbonyl (C=O) groups is 1. The molecule has 2 saturated heterocycles. The van der Waals surface area contributed by atoms with E-state index in [0.29, 0.717) is 44.8 Å².